The highest BCUT2D eigenvalue weighted by Crippen LogP contribution is 2.24. The van der Waals surface area contributed by atoms with Crippen LogP contribution in [0.2, 0.25) is 0 Å². The molecular formula is C8H8O2S. The summed E-state index contributed by atoms with van der Waals surface area (Å²) in [5, 5.41) is 1.93. The van der Waals surface area contributed by atoms with Crippen LogP contribution in [0.5, 0.6) is 0 Å². The molecule has 1 aromatic rings. The third-order valence-electron chi connectivity index (χ3n) is 1.75. The summed E-state index contributed by atoms with van der Waals surface area (Å²) in [5.74, 6) is -0.167. The van der Waals surface area contributed by atoms with Gasteiger partial charge in [-0.2, -0.15) is 0 Å². The number of rotatable bonds is 0. The summed E-state index contributed by atoms with van der Waals surface area (Å²) in [4.78, 5) is 12.3. The molecule has 0 N–H and O–H groups in total. The molecule has 0 aromatic carbocycles. The SMILES string of the molecule is CC1Cc2sccc2C(=O)O1. The fourth-order valence-electron chi connectivity index (χ4n) is 1.23. The van der Waals surface area contributed by atoms with Crippen molar-refractivity contribution in [2.45, 2.75) is 19.4 Å². The fraction of sp³-hybridized carbons (Fsp3) is 0.375. The molecule has 2 rings (SSSR count). The predicted octanol–water partition coefficient (Wildman–Crippen LogP) is 1.85. The molecule has 1 aliphatic rings. The minimum atomic E-state index is -0.167. The monoisotopic (exact) mass is 168 g/mol. The van der Waals surface area contributed by atoms with Crippen LogP contribution in [-0.2, 0) is 11.2 Å². The van der Waals surface area contributed by atoms with E-state index in [-0.39, 0.29) is 12.1 Å². The number of esters is 1. The van der Waals surface area contributed by atoms with Gasteiger partial charge >= 0.3 is 5.97 Å². The molecule has 0 amide bonds. The van der Waals surface area contributed by atoms with E-state index in [1.807, 2.05) is 18.4 Å². The third kappa shape index (κ3) is 1.05. The first-order valence-electron chi connectivity index (χ1n) is 3.54. The Balaban J connectivity index is 2.44. The zero-order valence-corrected chi connectivity index (χ0v) is 6.98. The predicted molar refractivity (Wildman–Crippen MR) is 42.9 cm³/mol. The van der Waals surface area contributed by atoms with Gasteiger partial charge in [0.25, 0.3) is 0 Å². The minimum absolute atomic E-state index is 0.0497. The van der Waals surface area contributed by atoms with E-state index >= 15 is 0 Å². The van der Waals surface area contributed by atoms with E-state index in [9.17, 15) is 4.79 Å². The van der Waals surface area contributed by atoms with Gasteiger partial charge in [-0.1, -0.05) is 0 Å². The molecule has 58 valence electrons. The van der Waals surface area contributed by atoms with E-state index in [1.165, 1.54) is 0 Å². The molecule has 2 heterocycles. The van der Waals surface area contributed by atoms with Crippen LogP contribution in [0.15, 0.2) is 11.4 Å². The summed E-state index contributed by atoms with van der Waals surface area (Å²) in [6, 6.07) is 1.83. The molecule has 3 heteroatoms. The van der Waals surface area contributed by atoms with Gasteiger partial charge in [0.15, 0.2) is 0 Å². The molecule has 0 saturated carbocycles. The molecule has 1 unspecified atom stereocenters. The van der Waals surface area contributed by atoms with E-state index in [2.05, 4.69) is 0 Å². The van der Waals surface area contributed by atoms with Crippen LogP contribution in [-0.4, -0.2) is 12.1 Å². The Labute approximate surface area is 68.8 Å². The van der Waals surface area contributed by atoms with Crippen LogP contribution < -0.4 is 0 Å². The Morgan fingerprint density at radius 3 is 3.36 bits per heavy atom. The first-order chi connectivity index (χ1) is 5.27. The normalized spacial score (nSPS) is 22.6. The quantitative estimate of drug-likeness (QED) is 0.552. The molecule has 0 aliphatic carbocycles. The maximum Gasteiger partial charge on any atom is 0.339 e. The van der Waals surface area contributed by atoms with Crippen molar-refractivity contribution >= 4 is 17.3 Å². The summed E-state index contributed by atoms with van der Waals surface area (Å²) in [5.41, 5.74) is 0.758. The van der Waals surface area contributed by atoms with Gasteiger partial charge in [0.2, 0.25) is 0 Å². The molecule has 0 radical (unpaired) electrons. The van der Waals surface area contributed by atoms with Gasteiger partial charge in [0.05, 0.1) is 5.56 Å². The van der Waals surface area contributed by atoms with Crippen molar-refractivity contribution in [3.8, 4) is 0 Å². The lowest BCUT2D eigenvalue weighted by molar-refractivity contribution is 0.0306. The first-order valence-corrected chi connectivity index (χ1v) is 4.42. The number of fused-ring (bicyclic) bond motifs is 1. The van der Waals surface area contributed by atoms with Crippen molar-refractivity contribution in [1.82, 2.24) is 0 Å². The number of carbonyl (C=O) groups is 1. The largest absolute Gasteiger partial charge is 0.459 e. The molecule has 0 spiro atoms. The van der Waals surface area contributed by atoms with Gasteiger partial charge < -0.3 is 4.74 Å². The zero-order valence-electron chi connectivity index (χ0n) is 6.16. The Morgan fingerprint density at radius 2 is 2.55 bits per heavy atom. The summed E-state index contributed by atoms with van der Waals surface area (Å²) in [6.07, 6.45) is 0.923. The molecular weight excluding hydrogens is 160 g/mol. The number of hydrogen-bond donors (Lipinski definition) is 0. The summed E-state index contributed by atoms with van der Waals surface area (Å²) in [6.45, 7) is 1.92. The van der Waals surface area contributed by atoms with Gasteiger partial charge in [-0.15, -0.1) is 11.3 Å². The lowest BCUT2D eigenvalue weighted by Gasteiger charge is -2.17. The van der Waals surface area contributed by atoms with Gasteiger partial charge in [0, 0.05) is 11.3 Å². The van der Waals surface area contributed by atoms with Crippen LogP contribution in [0.25, 0.3) is 0 Å². The van der Waals surface area contributed by atoms with Crippen LogP contribution in [0, 0.1) is 0 Å². The maximum atomic E-state index is 11.1. The van der Waals surface area contributed by atoms with Crippen molar-refractivity contribution in [3.63, 3.8) is 0 Å². The highest BCUT2D eigenvalue weighted by Gasteiger charge is 2.23. The van der Waals surface area contributed by atoms with Gasteiger partial charge in [-0.25, -0.2) is 4.79 Å². The van der Waals surface area contributed by atoms with E-state index in [0.29, 0.717) is 0 Å². The van der Waals surface area contributed by atoms with E-state index in [0.717, 1.165) is 16.9 Å². The maximum absolute atomic E-state index is 11.1. The highest BCUT2D eigenvalue weighted by atomic mass is 32.1. The van der Waals surface area contributed by atoms with Gasteiger partial charge in [-0.05, 0) is 18.4 Å². The summed E-state index contributed by atoms with van der Waals surface area (Å²) < 4.78 is 5.04. The van der Waals surface area contributed by atoms with E-state index in [4.69, 9.17) is 4.74 Å². The molecule has 0 fully saturated rings. The fourth-order valence-corrected chi connectivity index (χ4v) is 2.21. The number of hydrogen-bond acceptors (Lipinski definition) is 3. The van der Waals surface area contributed by atoms with Crippen molar-refractivity contribution in [3.05, 3.63) is 21.9 Å². The molecule has 2 nitrogen and oxygen atoms in total. The third-order valence-corrected chi connectivity index (χ3v) is 2.69. The second-order valence-corrected chi connectivity index (χ2v) is 3.68. The van der Waals surface area contributed by atoms with E-state index in [1.54, 1.807) is 11.3 Å². The molecule has 1 atom stereocenters. The van der Waals surface area contributed by atoms with Crippen molar-refractivity contribution in [2.75, 3.05) is 0 Å². The zero-order chi connectivity index (χ0) is 7.84. The average molecular weight is 168 g/mol. The van der Waals surface area contributed by atoms with Crippen LogP contribution in [0.3, 0.4) is 0 Å². The second-order valence-electron chi connectivity index (χ2n) is 2.68. The van der Waals surface area contributed by atoms with Crippen molar-refractivity contribution in [1.29, 1.82) is 0 Å². The Morgan fingerprint density at radius 1 is 1.73 bits per heavy atom. The van der Waals surface area contributed by atoms with Crippen molar-refractivity contribution in [2.24, 2.45) is 0 Å². The number of thiophene rings is 1. The number of carbonyl (C=O) groups excluding carboxylic acids is 1. The average Bonchev–Trinajstić information content (AvgIpc) is 2.34. The van der Waals surface area contributed by atoms with Gasteiger partial charge in [0.1, 0.15) is 6.10 Å². The first kappa shape index (κ1) is 6.85. The smallest absolute Gasteiger partial charge is 0.339 e. The Bertz CT molecular complexity index is 290. The second kappa shape index (κ2) is 2.34. The lowest BCUT2D eigenvalue weighted by atomic mass is 10.1. The van der Waals surface area contributed by atoms with E-state index < -0.39 is 0 Å². The van der Waals surface area contributed by atoms with Crippen LogP contribution in [0.4, 0.5) is 0 Å². The Kier molecular flexibility index (Phi) is 1.46. The number of cyclic esters (lactones) is 1. The minimum Gasteiger partial charge on any atom is -0.459 e. The molecule has 0 saturated heterocycles. The molecule has 11 heavy (non-hydrogen) atoms. The number of ether oxygens (including phenoxy) is 1. The summed E-state index contributed by atoms with van der Waals surface area (Å²) in [7, 11) is 0. The molecule has 1 aliphatic heterocycles. The highest BCUT2D eigenvalue weighted by molar-refractivity contribution is 7.10. The standard InChI is InChI=1S/C8H8O2S/c1-5-4-7-6(2-3-11-7)8(9)10-5/h2-3,5H,4H2,1H3. The Hall–Kier alpha value is -0.830. The molecule has 1 aromatic heterocycles. The lowest BCUT2D eigenvalue weighted by Crippen LogP contribution is -2.23. The summed E-state index contributed by atoms with van der Waals surface area (Å²) >= 11 is 1.63. The molecule has 0 bridgehead atoms. The van der Waals surface area contributed by atoms with Crippen LogP contribution >= 0.6 is 11.3 Å². The van der Waals surface area contributed by atoms with Crippen molar-refractivity contribution < 1.29 is 9.53 Å². The topological polar surface area (TPSA) is 26.3 Å². The van der Waals surface area contributed by atoms with Crippen LogP contribution in [0.1, 0.15) is 22.2 Å². The van der Waals surface area contributed by atoms with Gasteiger partial charge in [-0.3, -0.25) is 0 Å².